The molecular formula is C32H34FN5O4S. The molecule has 0 bridgehead atoms. The number of nitrogens with one attached hydrogen (secondary N) is 2. The van der Waals surface area contributed by atoms with Gasteiger partial charge in [-0.1, -0.05) is 13.0 Å². The molecule has 9 nitrogen and oxygen atoms in total. The molecule has 4 aromatic rings. The summed E-state index contributed by atoms with van der Waals surface area (Å²) in [6.07, 6.45) is 0. The fourth-order valence-corrected chi connectivity index (χ4v) is 6.61. The number of piperazine rings is 1. The second-order valence-electron chi connectivity index (χ2n) is 11.4. The molecule has 0 atom stereocenters. The molecule has 0 aliphatic carbocycles. The van der Waals surface area contributed by atoms with Crippen molar-refractivity contribution in [2.75, 3.05) is 50.0 Å². The third kappa shape index (κ3) is 6.34. The fraction of sp³-hybridized carbons (Fsp3) is 0.344. The molecule has 224 valence electrons. The molecule has 1 saturated heterocycles. The lowest BCUT2D eigenvalue weighted by molar-refractivity contribution is 0.0197. The summed E-state index contributed by atoms with van der Waals surface area (Å²) in [5.74, 6) is -0.385. The van der Waals surface area contributed by atoms with Gasteiger partial charge in [0.05, 0.1) is 16.3 Å². The molecule has 2 aliphatic heterocycles. The van der Waals surface area contributed by atoms with Crippen molar-refractivity contribution >= 4 is 44.7 Å². The van der Waals surface area contributed by atoms with Crippen molar-refractivity contribution in [3.8, 4) is 11.5 Å². The molecule has 1 fully saturated rings. The van der Waals surface area contributed by atoms with Crippen LogP contribution in [-0.2, 0) is 6.54 Å². The molecule has 43 heavy (non-hydrogen) atoms. The van der Waals surface area contributed by atoms with Crippen LogP contribution in [0.4, 0.5) is 15.8 Å². The minimum absolute atomic E-state index is 0.0371. The zero-order chi connectivity index (χ0) is 30.1. The first-order chi connectivity index (χ1) is 20.7. The van der Waals surface area contributed by atoms with Gasteiger partial charge in [-0.15, -0.1) is 11.3 Å². The Morgan fingerprint density at radius 1 is 0.977 bits per heavy atom. The average molecular weight is 604 g/mol. The predicted octanol–water partition coefficient (Wildman–Crippen LogP) is 5.63. The zero-order valence-electron chi connectivity index (χ0n) is 24.4. The van der Waals surface area contributed by atoms with Crippen LogP contribution in [0.15, 0.2) is 54.6 Å². The Balaban J connectivity index is 1.12. The quantitative estimate of drug-likeness (QED) is 0.283. The molecule has 0 spiro atoms. The third-order valence-corrected chi connectivity index (χ3v) is 8.90. The van der Waals surface area contributed by atoms with Gasteiger partial charge in [0.2, 0.25) is 0 Å². The lowest BCUT2D eigenvalue weighted by Crippen LogP contribution is -2.58. The summed E-state index contributed by atoms with van der Waals surface area (Å²) in [5.41, 5.74) is 1.72. The van der Waals surface area contributed by atoms with E-state index >= 15 is 0 Å². The number of amides is 2. The number of aromatic nitrogens is 1. The van der Waals surface area contributed by atoms with Crippen LogP contribution in [0.1, 0.15) is 46.5 Å². The van der Waals surface area contributed by atoms with Gasteiger partial charge in [0.15, 0.2) is 11.5 Å². The number of hydrogen-bond acceptors (Lipinski definition) is 8. The Hall–Kier alpha value is -4.06. The van der Waals surface area contributed by atoms with Gasteiger partial charge in [0.1, 0.15) is 23.9 Å². The van der Waals surface area contributed by atoms with E-state index in [4.69, 9.17) is 14.5 Å². The van der Waals surface area contributed by atoms with E-state index in [1.807, 2.05) is 12.1 Å². The van der Waals surface area contributed by atoms with E-state index in [1.54, 1.807) is 24.3 Å². The standard InChI is InChI=1S/C32H34FN5O4S/c1-4-38-12-11-37(19-32(38,2)3)18-23-7-5-21-16-28(43-31(21)35-23)30(40)36-25-17-22(8-9-24(25)33)34-29(39)20-6-10-26-27(15-20)42-14-13-41-26/h5-10,15-17H,4,11-14,18-19H2,1-3H3,(H,34,39)(H,36,40). The number of carbonyl (C=O) groups is 2. The van der Waals surface area contributed by atoms with Crippen molar-refractivity contribution in [2.24, 2.45) is 0 Å². The summed E-state index contributed by atoms with van der Waals surface area (Å²) in [6, 6.07) is 14.7. The van der Waals surface area contributed by atoms with Gasteiger partial charge in [-0.2, -0.15) is 0 Å². The number of rotatable bonds is 7. The Morgan fingerprint density at radius 3 is 2.58 bits per heavy atom. The molecule has 2 amide bonds. The van der Waals surface area contributed by atoms with Crippen molar-refractivity contribution in [3.63, 3.8) is 0 Å². The lowest BCUT2D eigenvalue weighted by Gasteiger charge is -2.46. The van der Waals surface area contributed by atoms with Crippen LogP contribution in [0, 0.1) is 5.82 Å². The molecule has 0 saturated carbocycles. The molecular weight excluding hydrogens is 569 g/mol. The summed E-state index contributed by atoms with van der Waals surface area (Å²) in [4.78, 5) is 36.9. The van der Waals surface area contributed by atoms with Crippen LogP contribution >= 0.6 is 11.3 Å². The van der Waals surface area contributed by atoms with E-state index in [2.05, 4.69) is 41.2 Å². The van der Waals surface area contributed by atoms with E-state index in [0.29, 0.717) is 40.8 Å². The monoisotopic (exact) mass is 603 g/mol. The number of anilines is 2. The summed E-state index contributed by atoms with van der Waals surface area (Å²) >= 11 is 1.27. The molecule has 11 heteroatoms. The Kier molecular flexibility index (Phi) is 8.04. The maximum atomic E-state index is 14.7. The van der Waals surface area contributed by atoms with Crippen molar-refractivity contribution < 1.29 is 23.5 Å². The minimum Gasteiger partial charge on any atom is -0.486 e. The van der Waals surface area contributed by atoms with Crippen molar-refractivity contribution in [1.29, 1.82) is 0 Å². The number of ether oxygens (including phenoxy) is 2. The molecule has 0 radical (unpaired) electrons. The lowest BCUT2D eigenvalue weighted by atomic mass is 9.98. The normalized spacial score (nSPS) is 16.7. The van der Waals surface area contributed by atoms with Crippen molar-refractivity contribution in [3.05, 3.63) is 76.5 Å². The fourth-order valence-electron chi connectivity index (χ4n) is 5.67. The molecule has 2 aromatic heterocycles. The van der Waals surface area contributed by atoms with Crippen LogP contribution in [-0.4, -0.2) is 71.5 Å². The number of pyridine rings is 1. The predicted molar refractivity (Wildman–Crippen MR) is 166 cm³/mol. The number of halogens is 1. The number of likely N-dealkylation sites (N-methyl/N-ethyl adjacent to an activating group) is 1. The first kappa shape index (κ1) is 29.0. The zero-order valence-corrected chi connectivity index (χ0v) is 25.2. The van der Waals surface area contributed by atoms with Gasteiger partial charge in [0.25, 0.3) is 11.8 Å². The molecule has 2 aromatic carbocycles. The van der Waals surface area contributed by atoms with Crippen LogP contribution in [0.3, 0.4) is 0 Å². The SMILES string of the molecule is CCN1CCN(Cc2ccc3cc(C(=O)Nc4cc(NC(=O)c5ccc6c(c5)OCCO6)ccc4F)sc3n2)CC1(C)C. The van der Waals surface area contributed by atoms with Gasteiger partial charge < -0.3 is 20.1 Å². The Labute approximate surface area is 253 Å². The maximum absolute atomic E-state index is 14.7. The van der Waals surface area contributed by atoms with Crippen LogP contribution < -0.4 is 20.1 Å². The van der Waals surface area contributed by atoms with Crippen molar-refractivity contribution in [2.45, 2.75) is 32.9 Å². The summed E-state index contributed by atoms with van der Waals surface area (Å²) in [6.45, 7) is 12.4. The van der Waals surface area contributed by atoms with Crippen LogP contribution in [0.25, 0.3) is 10.2 Å². The minimum atomic E-state index is -0.613. The average Bonchev–Trinajstić information content (AvgIpc) is 3.42. The van der Waals surface area contributed by atoms with Crippen LogP contribution in [0.2, 0.25) is 0 Å². The molecule has 6 rings (SSSR count). The summed E-state index contributed by atoms with van der Waals surface area (Å²) < 4.78 is 25.8. The summed E-state index contributed by atoms with van der Waals surface area (Å²) in [7, 11) is 0. The second kappa shape index (κ2) is 11.9. The smallest absolute Gasteiger partial charge is 0.265 e. The van der Waals surface area contributed by atoms with Crippen molar-refractivity contribution in [1.82, 2.24) is 14.8 Å². The third-order valence-electron chi connectivity index (χ3n) is 7.86. The molecule has 2 N–H and O–H groups in total. The highest BCUT2D eigenvalue weighted by molar-refractivity contribution is 7.20. The summed E-state index contributed by atoms with van der Waals surface area (Å²) in [5, 5.41) is 6.26. The number of thiophene rings is 1. The number of nitrogens with zero attached hydrogens (tertiary/aromatic N) is 3. The molecule has 4 heterocycles. The maximum Gasteiger partial charge on any atom is 0.265 e. The number of benzene rings is 2. The molecule has 2 aliphatic rings. The highest BCUT2D eigenvalue weighted by Crippen LogP contribution is 2.32. The van der Waals surface area contributed by atoms with E-state index in [9.17, 15) is 14.0 Å². The first-order valence-corrected chi connectivity index (χ1v) is 15.2. The highest BCUT2D eigenvalue weighted by atomic mass is 32.1. The first-order valence-electron chi connectivity index (χ1n) is 14.4. The topological polar surface area (TPSA) is 96.0 Å². The number of carbonyl (C=O) groups excluding carboxylic acids is 2. The van der Waals surface area contributed by atoms with Gasteiger partial charge in [-0.05, 0) is 68.9 Å². The molecule has 0 unspecified atom stereocenters. The Bertz CT molecular complexity index is 1690. The second-order valence-corrected chi connectivity index (χ2v) is 12.4. The van der Waals surface area contributed by atoms with Gasteiger partial charge in [0, 0.05) is 48.4 Å². The largest absolute Gasteiger partial charge is 0.486 e. The van der Waals surface area contributed by atoms with E-state index < -0.39 is 17.6 Å². The van der Waals surface area contributed by atoms with Gasteiger partial charge in [-0.25, -0.2) is 9.37 Å². The number of fused-ring (bicyclic) bond motifs is 2. The van der Waals surface area contributed by atoms with Crippen LogP contribution in [0.5, 0.6) is 11.5 Å². The van der Waals surface area contributed by atoms with E-state index in [-0.39, 0.29) is 11.2 Å². The van der Waals surface area contributed by atoms with Gasteiger partial charge in [-0.3, -0.25) is 19.4 Å². The Morgan fingerprint density at radius 2 is 1.79 bits per heavy atom. The van der Waals surface area contributed by atoms with Gasteiger partial charge >= 0.3 is 0 Å². The van der Waals surface area contributed by atoms with E-state index in [1.165, 1.54) is 29.5 Å². The number of hydrogen-bond donors (Lipinski definition) is 2. The van der Waals surface area contributed by atoms with E-state index in [0.717, 1.165) is 48.6 Å². The highest BCUT2D eigenvalue weighted by Gasteiger charge is 2.32.